The highest BCUT2D eigenvalue weighted by Gasteiger charge is 2.33. The third kappa shape index (κ3) is 3.74. The van der Waals surface area contributed by atoms with Crippen LogP contribution in [0.3, 0.4) is 0 Å². The summed E-state index contributed by atoms with van der Waals surface area (Å²) < 4.78 is 26.5. The zero-order valence-corrected chi connectivity index (χ0v) is 11.3. The molecule has 1 aromatic carbocycles. The molecular formula is C15H21F2NO. The predicted molar refractivity (Wildman–Crippen MR) is 70.9 cm³/mol. The summed E-state index contributed by atoms with van der Waals surface area (Å²) in [7, 11) is 0. The van der Waals surface area contributed by atoms with E-state index in [1.165, 1.54) is 12.1 Å². The van der Waals surface area contributed by atoms with Gasteiger partial charge in [-0.1, -0.05) is 13.0 Å². The van der Waals surface area contributed by atoms with Gasteiger partial charge in [-0.05, 0) is 43.9 Å². The van der Waals surface area contributed by atoms with Gasteiger partial charge in [0.05, 0.1) is 5.60 Å². The first-order valence-corrected chi connectivity index (χ1v) is 6.92. The number of benzene rings is 1. The monoisotopic (exact) mass is 269 g/mol. The fraction of sp³-hybridized carbons (Fsp3) is 0.600. The molecule has 1 aliphatic rings. The van der Waals surface area contributed by atoms with E-state index in [0.29, 0.717) is 24.4 Å². The maximum atomic E-state index is 13.6. The van der Waals surface area contributed by atoms with E-state index >= 15 is 0 Å². The average Bonchev–Trinajstić information content (AvgIpc) is 2.36. The molecule has 0 saturated heterocycles. The number of rotatable bonds is 4. The number of hydrogen-bond acceptors (Lipinski definition) is 2. The highest BCUT2D eigenvalue weighted by atomic mass is 19.1. The summed E-state index contributed by atoms with van der Waals surface area (Å²) in [6.45, 7) is 2.99. The molecule has 106 valence electrons. The van der Waals surface area contributed by atoms with Crippen molar-refractivity contribution in [1.29, 1.82) is 0 Å². The summed E-state index contributed by atoms with van der Waals surface area (Å²) in [6.07, 6.45) is 3.36. The van der Waals surface area contributed by atoms with Gasteiger partial charge in [-0.2, -0.15) is 0 Å². The van der Waals surface area contributed by atoms with Crippen LogP contribution in [-0.2, 0) is 6.42 Å². The molecule has 1 aromatic rings. The Balaban J connectivity index is 1.99. The van der Waals surface area contributed by atoms with E-state index < -0.39 is 17.2 Å². The van der Waals surface area contributed by atoms with Crippen molar-refractivity contribution in [2.45, 2.75) is 50.7 Å². The molecule has 1 aliphatic carbocycles. The Morgan fingerprint density at radius 3 is 2.58 bits per heavy atom. The number of aliphatic hydroxyl groups is 1. The molecule has 0 radical (unpaired) electrons. The van der Waals surface area contributed by atoms with Gasteiger partial charge in [0.25, 0.3) is 0 Å². The van der Waals surface area contributed by atoms with Crippen molar-refractivity contribution in [1.82, 2.24) is 5.32 Å². The van der Waals surface area contributed by atoms with Gasteiger partial charge in [0.2, 0.25) is 0 Å². The molecule has 1 saturated carbocycles. The Bertz CT molecular complexity index is 428. The summed E-state index contributed by atoms with van der Waals surface area (Å²) in [4.78, 5) is 0. The molecule has 0 aromatic heterocycles. The standard InChI is InChI=1S/C15H21F2NO/c1-2-18-13-5-7-15(19,8-6-13)10-11-3-4-12(16)9-14(11)17/h3-4,9,13,18-19H,2,5-8,10H2,1H3. The van der Waals surface area contributed by atoms with Crippen LogP contribution < -0.4 is 5.32 Å². The van der Waals surface area contributed by atoms with Crippen molar-refractivity contribution in [2.24, 2.45) is 0 Å². The molecule has 0 atom stereocenters. The molecule has 2 nitrogen and oxygen atoms in total. The molecule has 1 fully saturated rings. The van der Waals surface area contributed by atoms with Crippen molar-refractivity contribution in [3.05, 3.63) is 35.4 Å². The molecule has 0 amide bonds. The largest absolute Gasteiger partial charge is 0.390 e. The van der Waals surface area contributed by atoms with Gasteiger partial charge in [0, 0.05) is 18.5 Å². The van der Waals surface area contributed by atoms with E-state index in [4.69, 9.17) is 0 Å². The van der Waals surface area contributed by atoms with E-state index in [1.54, 1.807) is 0 Å². The van der Waals surface area contributed by atoms with Gasteiger partial charge < -0.3 is 10.4 Å². The van der Waals surface area contributed by atoms with Crippen molar-refractivity contribution < 1.29 is 13.9 Å². The summed E-state index contributed by atoms with van der Waals surface area (Å²) in [6, 6.07) is 4.00. The van der Waals surface area contributed by atoms with E-state index in [0.717, 1.165) is 25.5 Å². The van der Waals surface area contributed by atoms with Crippen LogP contribution in [0.1, 0.15) is 38.2 Å². The van der Waals surface area contributed by atoms with Gasteiger partial charge in [-0.25, -0.2) is 8.78 Å². The first-order chi connectivity index (χ1) is 9.02. The van der Waals surface area contributed by atoms with E-state index in [2.05, 4.69) is 12.2 Å². The van der Waals surface area contributed by atoms with Crippen LogP contribution in [0.2, 0.25) is 0 Å². The lowest BCUT2D eigenvalue weighted by Crippen LogP contribution is -2.42. The van der Waals surface area contributed by atoms with Crippen molar-refractivity contribution in [2.75, 3.05) is 6.54 Å². The van der Waals surface area contributed by atoms with Crippen LogP contribution in [0.5, 0.6) is 0 Å². The van der Waals surface area contributed by atoms with Crippen molar-refractivity contribution >= 4 is 0 Å². The van der Waals surface area contributed by atoms with E-state index in [1.807, 2.05) is 0 Å². The van der Waals surface area contributed by atoms with Gasteiger partial charge in [0.15, 0.2) is 0 Å². The Morgan fingerprint density at radius 1 is 1.32 bits per heavy atom. The van der Waals surface area contributed by atoms with Crippen LogP contribution in [-0.4, -0.2) is 23.3 Å². The molecule has 0 spiro atoms. The average molecular weight is 269 g/mol. The van der Waals surface area contributed by atoms with Crippen LogP contribution in [0.4, 0.5) is 8.78 Å². The van der Waals surface area contributed by atoms with Gasteiger partial charge in [-0.15, -0.1) is 0 Å². The first-order valence-electron chi connectivity index (χ1n) is 6.92. The Morgan fingerprint density at radius 2 is 2.00 bits per heavy atom. The molecule has 4 heteroatoms. The molecule has 2 N–H and O–H groups in total. The van der Waals surface area contributed by atoms with Gasteiger partial charge in [0.1, 0.15) is 11.6 Å². The fourth-order valence-corrected chi connectivity index (χ4v) is 2.84. The summed E-state index contributed by atoms with van der Waals surface area (Å²) in [5, 5.41) is 13.9. The summed E-state index contributed by atoms with van der Waals surface area (Å²) >= 11 is 0. The van der Waals surface area contributed by atoms with Gasteiger partial charge >= 0.3 is 0 Å². The predicted octanol–water partition coefficient (Wildman–Crippen LogP) is 2.79. The zero-order valence-electron chi connectivity index (χ0n) is 11.3. The second-order valence-corrected chi connectivity index (χ2v) is 5.47. The molecule has 2 rings (SSSR count). The van der Waals surface area contributed by atoms with Gasteiger partial charge in [-0.3, -0.25) is 0 Å². The minimum absolute atomic E-state index is 0.262. The lowest BCUT2D eigenvalue weighted by atomic mass is 9.78. The molecule has 0 aliphatic heterocycles. The second kappa shape index (κ2) is 5.97. The summed E-state index contributed by atoms with van der Waals surface area (Å²) in [5.41, 5.74) is -0.462. The first kappa shape index (κ1) is 14.4. The third-order valence-corrected chi connectivity index (χ3v) is 3.94. The van der Waals surface area contributed by atoms with E-state index in [9.17, 15) is 13.9 Å². The Hall–Kier alpha value is -1.00. The molecular weight excluding hydrogens is 248 g/mol. The lowest BCUT2D eigenvalue weighted by Gasteiger charge is -2.36. The molecule has 0 unspecified atom stereocenters. The normalized spacial score (nSPS) is 27.5. The summed E-state index contributed by atoms with van der Waals surface area (Å²) in [5.74, 6) is -1.15. The maximum Gasteiger partial charge on any atom is 0.129 e. The molecule has 0 bridgehead atoms. The highest BCUT2D eigenvalue weighted by Crippen LogP contribution is 2.32. The quantitative estimate of drug-likeness (QED) is 0.881. The second-order valence-electron chi connectivity index (χ2n) is 5.47. The van der Waals surface area contributed by atoms with E-state index in [-0.39, 0.29) is 6.42 Å². The number of nitrogens with one attached hydrogen (secondary N) is 1. The fourth-order valence-electron chi connectivity index (χ4n) is 2.84. The number of halogens is 2. The Kier molecular flexibility index (Phi) is 4.53. The van der Waals surface area contributed by atoms with Crippen LogP contribution in [0.25, 0.3) is 0 Å². The minimum Gasteiger partial charge on any atom is -0.390 e. The topological polar surface area (TPSA) is 32.3 Å². The maximum absolute atomic E-state index is 13.6. The van der Waals surface area contributed by atoms with Crippen LogP contribution in [0.15, 0.2) is 18.2 Å². The number of hydrogen-bond donors (Lipinski definition) is 2. The zero-order chi connectivity index (χ0) is 13.9. The smallest absolute Gasteiger partial charge is 0.129 e. The van der Waals surface area contributed by atoms with Crippen LogP contribution >= 0.6 is 0 Å². The van der Waals surface area contributed by atoms with Crippen molar-refractivity contribution in [3.8, 4) is 0 Å². The lowest BCUT2D eigenvalue weighted by molar-refractivity contribution is -0.00362. The minimum atomic E-state index is -0.857. The highest BCUT2D eigenvalue weighted by molar-refractivity contribution is 5.20. The SMILES string of the molecule is CCNC1CCC(O)(Cc2ccc(F)cc2F)CC1. The molecule has 0 heterocycles. The van der Waals surface area contributed by atoms with Crippen LogP contribution in [0, 0.1) is 11.6 Å². The third-order valence-electron chi connectivity index (χ3n) is 3.94. The van der Waals surface area contributed by atoms with Crippen molar-refractivity contribution in [3.63, 3.8) is 0 Å². The molecule has 19 heavy (non-hydrogen) atoms. The Labute approximate surface area is 112 Å².